The fraction of sp³-hybridized carbons (Fsp3) is 0.118. The number of nitrogen functional groups attached to an aromatic ring is 1. The van der Waals surface area contributed by atoms with Crippen molar-refractivity contribution in [1.29, 1.82) is 0 Å². The number of carbonyl (C=O) groups is 1. The van der Waals surface area contributed by atoms with Crippen molar-refractivity contribution in [3.63, 3.8) is 0 Å². The van der Waals surface area contributed by atoms with Crippen LogP contribution in [0.15, 0.2) is 41.8 Å². The molecule has 118 valence electrons. The molecule has 0 atom stereocenters. The summed E-state index contributed by atoms with van der Waals surface area (Å²) in [5.74, 6) is -0.161. The molecule has 0 amide bonds. The normalized spacial score (nSPS) is 10.7. The van der Waals surface area contributed by atoms with Crippen molar-refractivity contribution in [1.82, 2.24) is 0 Å². The number of carbonyl (C=O) groups excluding carboxylic acids is 1. The van der Waals surface area contributed by atoms with Crippen LogP contribution in [0.2, 0.25) is 5.02 Å². The molecule has 0 aliphatic heterocycles. The second kappa shape index (κ2) is 6.48. The predicted octanol–water partition coefficient (Wildman–Crippen LogP) is 4.50. The fourth-order valence-corrected chi connectivity index (χ4v) is 3.37. The number of fused-ring (bicyclic) bond motifs is 1. The maximum atomic E-state index is 12.3. The minimum absolute atomic E-state index is 0.188. The zero-order chi connectivity index (χ0) is 16.4. The van der Waals surface area contributed by atoms with Gasteiger partial charge in [0.15, 0.2) is 0 Å². The van der Waals surface area contributed by atoms with Crippen LogP contribution in [-0.2, 0) is 11.3 Å². The molecule has 0 saturated carbocycles. The highest BCUT2D eigenvalue weighted by molar-refractivity contribution is 7.17. The molecule has 4 nitrogen and oxygen atoms in total. The van der Waals surface area contributed by atoms with Crippen LogP contribution in [0.3, 0.4) is 0 Å². The highest BCUT2D eigenvalue weighted by Crippen LogP contribution is 2.30. The number of ether oxygens (including phenoxy) is 2. The van der Waals surface area contributed by atoms with Crippen LogP contribution in [0.25, 0.3) is 10.1 Å². The quantitative estimate of drug-likeness (QED) is 0.557. The van der Waals surface area contributed by atoms with E-state index in [9.17, 15) is 4.79 Å². The zero-order valence-electron chi connectivity index (χ0n) is 12.3. The fourth-order valence-electron chi connectivity index (χ4n) is 2.26. The molecule has 2 aromatic carbocycles. The Hall–Kier alpha value is -2.24. The van der Waals surface area contributed by atoms with Gasteiger partial charge in [-0.1, -0.05) is 29.8 Å². The maximum Gasteiger partial charge on any atom is 0.342 e. The summed E-state index contributed by atoms with van der Waals surface area (Å²) in [6.07, 6.45) is 0. The predicted molar refractivity (Wildman–Crippen MR) is 93.4 cm³/mol. The molecular formula is C17H14ClNO3S. The Morgan fingerprint density at radius 1 is 1.30 bits per heavy atom. The molecular weight excluding hydrogens is 334 g/mol. The van der Waals surface area contributed by atoms with Crippen molar-refractivity contribution in [2.24, 2.45) is 0 Å². The molecule has 0 radical (unpaired) electrons. The average Bonchev–Trinajstić information content (AvgIpc) is 2.98. The average molecular weight is 348 g/mol. The molecule has 0 bridgehead atoms. The van der Waals surface area contributed by atoms with Crippen LogP contribution in [0, 0.1) is 0 Å². The largest absolute Gasteiger partial charge is 0.496 e. The number of rotatable bonds is 4. The minimum Gasteiger partial charge on any atom is -0.496 e. The van der Waals surface area contributed by atoms with Crippen molar-refractivity contribution in [2.75, 3.05) is 12.8 Å². The van der Waals surface area contributed by atoms with E-state index in [1.165, 1.54) is 19.2 Å². The van der Waals surface area contributed by atoms with E-state index < -0.39 is 5.97 Å². The van der Waals surface area contributed by atoms with Crippen molar-refractivity contribution in [3.05, 3.63) is 57.9 Å². The second-order valence-corrected chi connectivity index (χ2v) is 6.23. The van der Waals surface area contributed by atoms with Gasteiger partial charge in [-0.15, -0.1) is 11.3 Å². The minimum atomic E-state index is -0.501. The van der Waals surface area contributed by atoms with Gasteiger partial charge in [0.1, 0.15) is 17.9 Å². The summed E-state index contributed by atoms with van der Waals surface area (Å²) in [7, 11) is 1.46. The third kappa shape index (κ3) is 3.11. The van der Waals surface area contributed by atoms with E-state index in [0.717, 1.165) is 15.6 Å². The Labute approximate surface area is 142 Å². The van der Waals surface area contributed by atoms with E-state index in [-0.39, 0.29) is 12.2 Å². The lowest BCUT2D eigenvalue weighted by atomic mass is 10.1. The van der Waals surface area contributed by atoms with E-state index in [4.69, 9.17) is 26.8 Å². The molecule has 3 aromatic rings. The third-order valence-electron chi connectivity index (χ3n) is 3.46. The number of thiophene rings is 1. The number of methoxy groups -OCH3 is 1. The van der Waals surface area contributed by atoms with Gasteiger partial charge in [-0.3, -0.25) is 0 Å². The monoisotopic (exact) mass is 347 g/mol. The molecule has 0 unspecified atom stereocenters. The summed E-state index contributed by atoms with van der Waals surface area (Å²) in [6, 6.07) is 11.0. The van der Waals surface area contributed by atoms with Crippen LogP contribution in [0.4, 0.5) is 5.69 Å². The molecule has 0 aliphatic rings. The summed E-state index contributed by atoms with van der Waals surface area (Å²) in [6.45, 7) is 0.188. The van der Waals surface area contributed by atoms with Crippen molar-refractivity contribution in [2.45, 2.75) is 6.61 Å². The van der Waals surface area contributed by atoms with Crippen molar-refractivity contribution < 1.29 is 14.3 Å². The molecule has 6 heteroatoms. The van der Waals surface area contributed by atoms with Gasteiger partial charge < -0.3 is 15.2 Å². The topological polar surface area (TPSA) is 61.5 Å². The van der Waals surface area contributed by atoms with Gasteiger partial charge in [-0.2, -0.15) is 0 Å². The molecule has 0 saturated heterocycles. The summed E-state index contributed by atoms with van der Waals surface area (Å²) in [5.41, 5.74) is 7.29. The molecule has 1 heterocycles. The van der Waals surface area contributed by atoms with E-state index in [1.807, 2.05) is 29.6 Å². The van der Waals surface area contributed by atoms with Gasteiger partial charge in [-0.25, -0.2) is 4.79 Å². The molecule has 3 rings (SSSR count). The second-order valence-electron chi connectivity index (χ2n) is 4.91. The number of hydrogen-bond donors (Lipinski definition) is 1. The number of esters is 1. The Morgan fingerprint density at radius 2 is 2.09 bits per heavy atom. The van der Waals surface area contributed by atoms with Crippen LogP contribution >= 0.6 is 22.9 Å². The van der Waals surface area contributed by atoms with Gasteiger partial charge >= 0.3 is 5.97 Å². The van der Waals surface area contributed by atoms with Crippen LogP contribution < -0.4 is 10.5 Å². The van der Waals surface area contributed by atoms with Gasteiger partial charge in [0.2, 0.25) is 0 Å². The molecule has 23 heavy (non-hydrogen) atoms. The van der Waals surface area contributed by atoms with Crippen LogP contribution in [0.5, 0.6) is 5.75 Å². The Morgan fingerprint density at radius 3 is 2.87 bits per heavy atom. The Balaban J connectivity index is 1.81. The number of halogens is 1. The van der Waals surface area contributed by atoms with E-state index >= 15 is 0 Å². The first-order valence-electron chi connectivity index (χ1n) is 6.85. The first-order valence-corrected chi connectivity index (χ1v) is 8.11. The third-order valence-corrected chi connectivity index (χ3v) is 4.80. The van der Waals surface area contributed by atoms with Crippen LogP contribution in [0.1, 0.15) is 15.9 Å². The summed E-state index contributed by atoms with van der Waals surface area (Å²) in [4.78, 5) is 12.3. The smallest absolute Gasteiger partial charge is 0.342 e. The van der Waals surface area contributed by atoms with Crippen molar-refractivity contribution in [3.8, 4) is 5.75 Å². The van der Waals surface area contributed by atoms with Gasteiger partial charge in [-0.05, 0) is 22.9 Å². The summed E-state index contributed by atoms with van der Waals surface area (Å²) < 4.78 is 11.7. The highest BCUT2D eigenvalue weighted by atomic mass is 35.5. The highest BCUT2D eigenvalue weighted by Gasteiger charge is 2.17. The number of anilines is 1. The molecule has 2 N–H and O–H groups in total. The summed E-state index contributed by atoms with van der Waals surface area (Å²) >= 11 is 7.60. The van der Waals surface area contributed by atoms with Gasteiger partial charge in [0.05, 0.1) is 17.8 Å². The first kappa shape index (κ1) is 15.6. The Bertz CT molecular complexity index is 875. The van der Waals surface area contributed by atoms with E-state index in [1.54, 1.807) is 11.3 Å². The first-order chi connectivity index (χ1) is 11.1. The standard InChI is InChI=1S/C17H14ClNO3S/c1-21-15-7-14(19)13(18)6-12(15)17(20)22-8-10-9-23-16-5-3-2-4-11(10)16/h2-7,9H,8,19H2,1H3. The number of nitrogens with two attached hydrogens (primary N) is 1. The lowest BCUT2D eigenvalue weighted by Crippen LogP contribution is -2.08. The van der Waals surface area contributed by atoms with Gasteiger partial charge in [0.25, 0.3) is 0 Å². The van der Waals surface area contributed by atoms with Crippen LogP contribution in [-0.4, -0.2) is 13.1 Å². The lowest BCUT2D eigenvalue weighted by molar-refractivity contribution is 0.0471. The van der Waals surface area contributed by atoms with Crippen molar-refractivity contribution >= 4 is 44.7 Å². The number of benzene rings is 2. The maximum absolute atomic E-state index is 12.3. The zero-order valence-corrected chi connectivity index (χ0v) is 13.9. The van der Waals surface area contributed by atoms with E-state index in [2.05, 4.69) is 0 Å². The molecule has 1 aromatic heterocycles. The molecule has 0 aliphatic carbocycles. The number of hydrogen-bond acceptors (Lipinski definition) is 5. The van der Waals surface area contributed by atoms with E-state index in [0.29, 0.717) is 16.5 Å². The lowest BCUT2D eigenvalue weighted by Gasteiger charge is -2.10. The SMILES string of the molecule is COc1cc(N)c(Cl)cc1C(=O)OCc1csc2ccccc12. The molecule has 0 spiro atoms. The Kier molecular flexibility index (Phi) is 4.41. The summed E-state index contributed by atoms with van der Waals surface area (Å²) in [5, 5.41) is 3.37. The molecule has 0 fully saturated rings. The van der Waals surface area contributed by atoms with Gasteiger partial charge in [0, 0.05) is 16.3 Å².